The van der Waals surface area contributed by atoms with Crippen LogP contribution >= 0.6 is 11.6 Å². The van der Waals surface area contributed by atoms with Crippen LogP contribution in [0, 0.1) is 11.2 Å². The largest absolute Gasteiger partial charge is 0.504 e. The number of hydrogen-bond acceptors (Lipinski definition) is 6. The zero-order valence-corrected chi connectivity index (χ0v) is 14.9. The summed E-state index contributed by atoms with van der Waals surface area (Å²) in [6, 6.07) is 7.42. The minimum atomic E-state index is -1.20. The van der Waals surface area contributed by atoms with E-state index in [0.29, 0.717) is 0 Å². The lowest BCUT2D eigenvalue weighted by atomic mass is 9.94. The number of aromatic hydroxyl groups is 1. The molecule has 0 unspecified atom stereocenters. The minimum absolute atomic E-state index is 0.0725. The molecule has 0 aliphatic carbocycles. The molecular formula is C18H15ClFN3O5. The van der Waals surface area contributed by atoms with Crippen molar-refractivity contribution in [1.82, 2.24) is 5.48 Å². The molecule has 10 heteroatoms. The van der Waals surface area contributed by atoms with E-state index in [0.717, 1.165) is 12.1 Å². The Morgan fingerprint density at radius 2 is 1.82 bits per heavy atom. The summed E-state index contributed by atoms with van der Waals surface area (Å²) in [5.41, 5.74) is 6.88. The molecule has 0 heterocycles. The first-order valence-corrected chi connectivity index (χ1v) is 8.06. The van der Waals surface area contributed by atoms with Crippen molar-refractivity contribution in [2.45, 2.75) is 6.42 Å². The maximum Gasteiger partial charge on any atom is 0.335 e. The predicted molar refractivity (Wildman–Crippen MR) is 99.0 cm³/mol. The smallest absolute Gasteiger partial charge is 0.335 e. The van der Waals surface area contributed by atoms with Crippen LogP contribution < -0.4 is 11.2 Å². The maximum atomic E-state index is 13.8. The van der Waals surface area contributed by atoms with E-state index in [1.165, 1.54) is 29.7 Å². The summed E-state index contributed by atoms with van der Waals surface area (Å²) in [5, 5.41) is 35.3. The summed E-state index contributed by atoms with van der Waals surface area (Å²) in [5.74, 6) is -3.97. The Morgan fingerprint density at radius 3 is 2.39 bits per heavy atom. The van der Waals surface area contributed by atoms with Crippen LogP contribution in [-0.2, 0) is 4.79 Å². The molecule has 0 fully saturated rings. The molecule has 8 nitrogen and oxygen atoms in total. The average Bonchev–Trinajstić information content (AvgIpc) is 2.68. The van der Waals surface area contributed by atoms with Crippen LogP contribution in [-0.4, -0.2) is 33.0 Å². The summed E-state index contributed by atoms with van der Waals surface area (Å²) in [6.45, 7) is 0. The van der Waals surface area contributed by atoms with Crippen molar-refractivity contribution in [3.63, 3.8) is 0 Å². The predicted octanol–water partition coefficient (Wildman–Crippen LogP) is 2.52. The first-order valence-electron chi connectivity index (χ1n) is 7.68. The number of carbonyl (C=O) groups is 2. The Labute approximate surface area is 163 Å². The molecule has 0 atom stereocenters. The summed E-state index contributed by atoms with van der Waals surface area (Å²) in [6.07, 6.45) is -0.557. The number of phenols is 1. The average molecular weight is 408 g/mol. The van der Waals surface area contributed by atoms with Gasteiger partial charge >= 0.3 is 5.97 Å². The molecule has 1 amide bonds. The lowest BCUT2D eigenvalue weighted by molar-refractivity contribution is -0.128. The third-order valence-corrected chi connectivity index (χ3v) is 4.10. The van der Waals surface area contributed by atoms with Gasteiger partial charge in [0.1, 0.15) is 0 Å². The van der Waals surface area contributed by atoms with Crippen molar-refractivity contribution in [3.8, 4) is 5.75 Å². The van der Waals surface area contributed by atoms with E-state index in [9.17, 15) is 19.1 Å². The van der Waals surface area contributed by atoms with Crippen molar-refractivity contribution in [1.29, 1.82) is 5.41 Å². The van der Waals surface area contributed by atoms with Gasteiger partial charge in [0.15, 0.2) is 11.6 Å². The topological polar surface area (TPSA) is 157 Å². The number of benzene rings is 2. The lowest BCUT2D eigenvalue weighted by Gasteiger charge is -2.14. The van der Waals surface area contributed by atoms with Gasteiger partial charge in [0.05, 0.1) is 22.7 Å². The molecule has 2 aromatic carbocycles. The molecule has 2 aromatic rings. The molecule has 0 aromatic heterocycles. The van der Waals surface area contributed by atoms with Crippen molar-refractivity contribution in [2.24, 2.45) is 5.73 Å². The van der Waals surface area contributed by atoms with Gasteiger partial charge in [-0.1, -0.05) is 23.7 Å². The van der Waals surface area contributed by atoms with Crippen molar-refractivity contribution < 1.29 is 29.4 Å². The van der Waals surface area contributed by atoms with Crippen LogP contribution in [0.3, 0.4) is 0 Å². The zero-order chi connectivity index (χ0) is 21.0. The van der Waals surface area contributed by atoms with Gasteiger partial charge in [0.25, 0.3) is 0 Å². The Balaban J connectivity index is 2.62. The SMILES string of the molecule is N=C(/C(CC(=O)NO)=C(\N)c1cccc(C(=O)O)c1)c1cc(F)c(O)c(Cl)c1. The van der Waals surface area contributed by atoms with E-state index >= 15 is 0 Å². The van der Waals surface area contributed by atoms with E-state index < -0.39 is 35.6 Å². The molecule has 0 radical (unpaired) electrons. The van der Waals surface area contributed by atoms with Gasteiger partial charge < -0.3 is 15.9 Å². The monoisotopic (exact) mass is 407 g/mol. The number of rotatable bonds is 6. The third-order valence-electron chi connectivity index (χ3n) is 3.82. The van der Waals surface area contributed by atoms with Crippen molar-refractivity contribution in [2.75, 3.05) is 0 Å². The number of halogens is 2. The molecule has 0 saturated heterocycles. The Morgan fingerprint density at radius 1 is 1.18 bits per heavy atom. The number of hydrogen-bond donors (Lipinski definition) is 6. The second-order valence-electron chi connectivity index (χ2n) is 5.65. The quantitative estimate of drug-likeness (QED) is 0.245. The Bertz CT molecular complexity index is 983. The second kappa shape index (κ2) is 8.51. The zero-order valence-electron chi connectivity index (χ0n) is 14.2. The normalized spacial score (nSPS) is 11.5. The number of amides is 1. The van der Waals surface area contributed by atoms with Crippen molar-refractivity contribution in [3.05, 3.63) is 69.5 Å². The van der Waals surface area contributed by atoms with Gasteiger partial charge in [-0.3, -0.25) is 15.4 Å². The number of carbonyl (C=O) groups excluding carboxylic acids is 1. The van der Waals surface area contributed by atoms with E-state index in [-0.39, 0.29) is 33.0 Å². The summed E-state index contributed by atoms with van der Waals surface area (Å²) in [7, 11) is 0. The molecule has 146 valence electrons. The molecule has 28 heavy (non-hydrogen) atoms. The number of nitrogens with two attached hydrogens (primary N) is 1. The number of nitrogens with one attached hydrogen (secondary N) is 2. The maximum absolute atomic E-state index is 13.8. The Kier molecular flexibility index (Phi) is 6.34. The van der Waals surface area contributed by atoms with Gasteiger partial charge in [0.2, 0.25) is 5.91 Å². The van der Waals surface area contributed by atoms with E-state index in [2.05, 4.69) is 0 Å². The molecule has 0 aliphatic rings. The number of hydroxylamine groups is 1. The number of carboxylic acids is 1. The van der Waals surface area contributed by atoms with E-state index in [1.54, 1.807) is 0 Å². The van der Waals surface area contributed by atoms with Crippen molar-refractivity contribution >= 4 is 34.9 Å². The van der Waals surface area contributed by atoms with Gasteiger partial charge in [-0.25, -0.2) is 14.7 Å². The number of phenolic OH excluding ortho intramolecular Hbond substituents is 1. The molecule has 0 bridgehead atoms. The fraction of sp³-hybridized carbons (Fsp3) is 0.0556. The van der Waals surface area contributed by atoms with Gasteiger partial charge in [0, 0.05) is 16.8 Å². The highest BCUT2D eigenvalue weighted by Gasteiger charge is 2.20. The number of aromatic carboxylic acids is 1. The standard InChI is InChI=1S/C18H15ClFN3O5/c19-12-5-10(6-13(20)17(12)25)16(22)11(7-14(24)23-28)15(21)8-2-1-3-9(4-8)18(26)27/h1-6,22,25,28H,7,21H2,(H,23,24)(H,26,27)/b15-11-,22-16?. The highest BCUT2D eigenvalue weighted by atomic mass is 35.5. The summed E-state index contributed by atoms with van der Waals surface area (Å²) < 4.78 is 13.8. The van der Waals surface area contributed by atoms with Gasteiger partial charge in [-0.2, -0.15) is 0 Å². The molecule has 0 saturated carbocycles. The molecule has 0 aliphatic heterocycles. The lowest BCUT2D eigenvalue weighted by Crippen LogP contribution is -2.23. The summed E-state index contributed by atoms with van der Waals surface area (Å²) >= 11 is 5.73. The van der Waals surface area contributed by atoms with Crippen LogP contribution in [0.4, 0.5) is 4.39 Å². The van der Waals surface area contributed by atoms with Crippen LogP contribution in [0.2, 0.25) is 5.02 Å². The molecule has 2 rings (SSSR count). The fourth-order valence-electron chi connectivity index (χ4n) is 2.40. The number of carboxylic acid groups (broad SMARTS) is 1. The molecule has 0 spiro atoms. The molecular weight excluding hydrogens is 393 g/mol. The van der Waals surface area contributed by atoms with Crippen LogP contribution in [0.5, 0.6) is 5.75 Å². The third kappa shape index (κ3) is 4.45. The summed E-state index contributed by atoms with van der Waals surface area (Å²) in [4.78, 5) is 22.8. The van der Waals surface area contributed by atoms with Crippen LogP contribution in [0.1, 0.15) is 27.9 Å². The Hall–Kier alpha value is -3.43. The minimum Gasteiger partial charge on any atom is -0.504 e. The van der Waals surface area contributed by atoms with Crippen LogP contribution in [0.15, 0.2) is 42.0 Å². The first kappa shape index (κ1) is 20.9. The highest BCUT2D eigenvalue weighted by Crippen LogP contribution is 2.30. The van der Waals surface area contributed by atoms with Crippen LogP contribution in [0.25, 0.3) is 5.70 Å². The fourth-order valence-corrected chi connectivity index (χ4v) is 2.60. The highest BCUT2D eigenvalue weighted by molar-refractivity contribution is 6.32. The van der Waals surface area contributed by atoms with Gasteiger partial charge in [-0.15, -0.1) is 0 Å². The van der Waals surface area contributed by atoms with Gasteiger partial charge in [-0.05, 0) is 29.8 Å². The van der Waals surface area contributed by atoms with E-state index in [4.69, 9.17) is 33.1 Å². The molecule has 7 N–H and O–H groups in total. The first-order chi connectivity index (χ1) is 13.1. The second-order valence-corrected chi connectivity index (χ2v) is 6.06. The van der Waals surface area contributed by atoms with E-state index in [1.807, 2.05) is 0 Å².